The predicted octanol–water partition coefficient (Wildman–Crippen LogP) is 2.98. The van der Waals surface area contributed by atoms with Crippen LogP contribution in [0.15, 0.2) is 67.1 Å². The van der Waals surface area contributed by atoms with Gasteiger partial charge < -0.3 is 30.5 Å². The maximum absolute atomic E-state index is 12.7. The Hall–Kier alpha value is -3.36. The standard InChI is InChI=1S/C21H25N3O5.C2H6.C2H4/c1-3-13(4-2)12-22-16-17(20(27)19(16)26)23-15-7-5-6-14(18(15)25)21(28)24-8-10-29-11-9-24;2*1-2/h3-7,19,22-23,25-26H,1,8-12H2,2H3;1-2H3;1-2H2/b13-4+;;. The second-order valence-electron chi connectivity index (χ2n) is 6.71. The minimum absolute atomic E-state index is 0.141. The van der Waals surface area contributed by atoms with Crippen molar-refractivity contribution in [2.24, 2.45) is 0 Å². The highest BCUT2D eigenvalue weighted by atomic mass is 16.5. The molecule has 8 heteroatoms. The van der Waals surface area contributed by atoms with Gasteiger partial charge >= 0.3 is 0 Å². The Morgan fingerprint density at radius 1 is 1.27 bits per heavy atom. The lowest BCUT2D eigenvalue weighted by Crippen LogP contribution is -2.46. The number of anilines is 1. The number of phenols is 1. The first kappa shape index (κ1) is 27.7. The molecule has 8 nitrogen and oxygen atoms in total. The number of morpholine rings is 1. The first-order chi connectivity index (χ1) is 16.0. The number of amides is 1. The first-order valence-corrected chi connectivity index (χ1v) is 10.9. The van der Waals surface area contributed by atoms with E-state index in [1.54, 1.807) is 23.1 Å². The zero-order chi connectivity index (χ0) is 25.0. The molecule has 3 rings (SSSR count). The molecule has 0 saturated carbocycles. The lowest BCUT2D eigenvalue weighted by atomic mass is 9.94. The van der Waals surface area contributed by atoms with Gasteiger partial charge in [-0.3, -0.25) is 9.59 Å². The molecule has 1 aromatic carbocycles. The highest BCUT2D eigenvalue weighted by Gasteiger charge is 2.38. The number of aliphatic hydroxyl groups excluding tert-OH is 1. The lowest BCUT2D eigenvalue weighted by molar-refractivity contribution is -0.124. The van der Waals surface area contributed by atoms with Crippen molar-refractivity contribution in [1.29, 1.82) is 0 Å². The van der Waals surface area contributed by atoms with E-state index >= 15 is 0 Å². The van der Waals surface area contributed by atoms with E-state index in [0.717, 1.165) is 5.57 Å². The summed E-state index contributed by atoms with van der Waals surface area (Å²) in [5.74, 6) is -1.03. The topological polar surface area (TPSA) is 111 Å². The van der Waals surface area contributed by atoms with Crippen LogP contribution in [0.3, 0.4) is 0 Å². The molecule has 1 atom stereocenters. The van der Waals surface area contributed by atoms with Crippen LogP contribution in [0.1, 0.15) is 31.1 Å². The van der Waals surface area contributed by atoms with E-state index in [1.807, 2.05) is 26.8 Å². The average molecular weight is 458 g/mol. The summed E-state index contributed by atoms with van der Waals surface area (Å²) < 4.78 is 5.25. The number of rotatable bonds is 7. The number of nitrogens with one attached hydrogen (secondary N) is 2. The minimum Gasteiger partial charge on any atom is -0.505 e. The Balaban J connectivity index is 0.00000129. The molecule has 1 aliphatic carbocycles. The van der Waals surface area contributed by atoms with Crippen molar-refractivity contribution < 1.29 is 24.5 Å². The molecule has 4 N–H and O–H groups in total. The summed E-state index contributed by atoms with van der Waals surface area (Å²) in [7, 11) is 0. The van der Waals surface area contributed by atoms with Crippen LogP contribution in [0.2, 0.25) is 0 Å². The van der Waals surface area contributed by atoms with Crippen molar-refractivity contribution >= 4 is 17.4 Å². The van der Waals surface area contributed by atoms with Gasteiger partial charge in [0.2, 0.25) is 5.78 Å². The Kier molecular flexibility index (Phi) is 11.7. The maximum atomic E-state index is 12.7. The first-order valence-electron chi connectivity index (χ1n) is 10.9. The largest absolute Gasteiger partial charge is 0.505 e. The molecule has 1 fully saturated rings. The second kappa shape index (κ2) is 13.9. The summed E-state index contributed by atoms with van der Waals surface area (Å²) in [6, 6.07) is 4.72. The molecule has 1 amide bonds. The zero-order valence-electron chi connectivity index (χ0n) is 19.7. The van der Waals surface area contributed by atoms with Crippen molar-refractivity contribution in [2.75, 3.05) is 38.2 Å². The lowest BCUT2D eigenvalue weighted by Gasteiger charge is -2.30. The van der Waals surface area contributed by atoms with Gasteiger partial charge in [0.25, 0.3) is 5.91 Å². The number of carbonyl (C=O) groups excluding carboxylic acids is 2. The fraction of sp³-hybridized carbons (Fsp3) is 0.360. The molecule has 1 aliphatic heterocycles. The van der Waals surface area contributed by atoms with E-state index < -0.39 is 11.9 Å². The molecule has 0 spiro atoms. The number of carbonyl (C=O) groups is 2. The highest BCUT2D eigenvalue weighted by molar-refractivity contribution is 6.11. The molecule has 0 bridgehead atoms. The number of aromatic hydroxyl groups is 1. The van der Waals surface area contributed by atoms with Gasteiger partial charge in [-0.15, -0.1) is 13.2 Å². The Bertz CT molecular complexity index is 901. The van der Waals surface area contributed by atoms with Crippen LogP contribution in [-0.4, -0.2) is 65.8 Å². The van der Waals surface area contributed by atoms with Crippen LogP contribution in [0.4, 0.5) is 5.69 Å². The Morgan fingerprint density at radius 3 is 2.48 bits per heavy atom. The number of aliphatic hydroxyl groups is 1. The summed E-state index contributed by atoms with van der Waals surface area (Å²) in [5.41, 5.74) is 1.75. The monoisotopic (exact) mass is 457 g/mol. The molecule has 1 heterocycles. The van der Waals surface area contributed by atoms with Crippen molar-refractivity contribution in [3.05, 3.63) is 72.6 Å². The number of Topliss-reactive ketones (excluding diaryl/α,β-unsaturated/α-hetero) is 1. The number of ether oxygens (including phenoxy) is 1. The third-order valence-electron chi connectivity index (χ3n) is 4.98. The van der Waals surface area contributed by atoms with Gasteiger partial charge in [0.15, 0.2) is 11.9 Å². The molecule has 1 unspecified atom stereocenters. The summed E-state index contributed by atoms with van der Waals surface area (Å²) in [6.07, 6.45) is 2.30. The van der Waals surface area contributed by atoms with Gasteiger partial charge in [0.05, 0.1) is 30.2 Å². The molecular weight excluding hydrogens is 422 g/mol. The fourth-order valence-corrected chi connectivity index (χ4v) is 3.15. The van der Waals surface area contributed by atoms with Crippen molar-refractivity contribution in [1.82, 2.24) is 10.2 Å². The molecule has 0 aromatic heterocycles. The van der Waals surface area contributed by atoms with E-state index in [-0.39, 0.29) is 28.6 Å². The van der Waals surface area contributed by atoms with Gasteiger partial charge in [-0.1, -0.05) is 38.6 Å². The smallest absolute Gasteiger partial charge is 0.257 e. The number of benzene rings is 1. The molecule has 1 saturated heterocycles. The van der Waals surface area contributed by atoms with E-state index in [4.69, 9.17) is 4.74 Å². The predicted molar refractivity (Wildman–Crippen MR) is 131 cm³/mol. The van der Waals surface area contributed by atoms with E-state index in [1.165, 1.54) is 6.07 Å². The molecule has 2 aliphatic rings. The third-order valence-corrected chi connectivity index (χ3v) is 4.98. The number of nitrogens with zero attached hydrogens (tertiary/aromatic N) is 1. The van der Waals surface area contributed by atoms with Gasteiger partial charge in [-0.05, 0) is 24.6 Å². The van der Waals surface area contributed by atoms with Crippen LogP contribution in [0, 0.1) is 0 Å². The minimum atomic E-state index is -1.25. The van der Waals surface area contributed by atoms with Gasteiger partial charge in [-0.25, -0.2) is 0 Å². The number of para-hydroxylation sites is 1. The zero-order valence-corrected chi connectivity index (χ0v) is 19.7. The molecule has 0 radical (unpaired) electrons. The molecule has 180 valence electrons. The number of hydrogen-bond acceptors (Lipinski definition) is 7. The third kappa shape index (κ3) is 6.57. The SMILES string of the molecule is C=C.C=C/C(=C\C)CNC1=C(Nc2cccc(C(=O)N3CCOCC3)c2O)C(=O)C1O.CC. The van der Waals surface area contributed by atoms with Crippen LogP contribution >= 0.6 is 0 Å². The van der Waals surface area contributed by atoms with Crippen LogP contribution in [-0.2, 0) is 9.53 Å². The average Bonchev–Trinajstić information content (AvgIpc) is 2.89. The molecule has 33 heavy (non-hydrogen) atoms. The number of allylic oxidation sites excluding steroid dienone is 1. The Labute approximate surface area is 195 Å². The Morgan fingerprint density at radius 2 is 1.91 bits per heavy atom. The van der Waals surface area contributed by atoms with Crippen molar-refractivity contribution in [3.8, 4) is 5.75 Å². The normalized spacial score (nSPS) is 17.6. The molecule has 1 aromatic rings. The maximum Gasteiger partial charge on any atom is 0.257 e. The van der Waals surface area contributed by atoms with Crippen molar-refractivity contribution in [3.63, 3.8) is 0 Å². The van der Waals surface area contributed by atoms with Gasteiger partial charge in [-0.2, -0.15) is 0 Å². The summed E-state index contributed by atoms with van der Waals surface area (Å²) in [5, 5.41) is 26.5. The van der Waals surface area contributed by atoms with Crippen LogP contribution in [0.25, 0.3) is 0 Å². The van der Waals surface area contributed by atoms with E-state index in [2.05, 4.69) is 30.4 Å². The quantitative estimate of drug-likeness (QED) is 0.283. The van der Waals surface area contributed by atoms with Gasteiger partial charge in [0, 0.05) is 19.6 Å². The van der Waals surface area contributed by atoms with E-state index in [9.17, 15) is 19.8 Å². The van der Waals surface area contributed by atoms with E-state index in [0.29, 0.717) is 38.5 Å². The number of phenolic OH excluding ortho intramolecular Hbond substituents is 1. The second-order valence-corrected chi connectivity index (χ2v) is 6.71. The highest BCUT2D eigenvalue weighted by Crippen LogP contribution is 2.33. The van der Waals surface area contributed by atoms with Crippen LogP contribution < -0.4 is 10.6 Å². The van der Waals surface area contributed by atoms with Crippen molar-refractivity contribution in [2.45, 2.75) is 26.9 Å². The van der Waals surface area contributed by atoms with Gasteiger partial charge in [0.1, 0.15) is 5.70 Å². The number of hydrogen-bond donors (Lipinski definition) is 4. The summed E-state index contributed by atoms with van der Waals surface area (Å²) in [6.45, 7) is 17.8. The number of ketones is 1. The summed E-state index contributed by atoms with van der Waals surface area (Å²) in [4.78, 5) is 26.4. The summed E-state index contributed by atoms with van der Waals surface area (Å²) >= 11 is 0. The molecular formula is C25H35N3O5. The van der Waals surface area contributed by atoms with Crippen LogP contribution in [0.5, 0.6) is 5.75 Å². The fourth-order valence-electron chi connectivity index (χ4n) is 3.15.